The Labute approximate surface area is 344 Å². The van der Waals surface area contributed by atoms with Gasteiger partial charge >= 0.3 is 5.97 Å². The Morgan fingerprint density at radius 2 is 1.64 bits per heavy atom. The molecule has 5 atom stereocenters. The highest BCUT2D eigenvalue weighted by Gasteiger charge is 2.40. The van der Waals surface area contributed by atoms with E-state index in [0.29, 0.717) is 44.2 Å². The van der Waals surface area contributed by atoms with Crippen molar-refractivity contribution in [1.82, 2.24) is 26.2 Å². The SMILES string of the molecule is CCOC(=O)CNCc1ccc2c(c1)C(N(C(C)=O)[C@@H](Cc1ccccc1)C(=O)N[C@@H](CC(C)C)C(=O)NC(CC1CCCCC1)C(O)CC(=O)NCC(C)C)CO2. The van der Waals surface area contributed by atoms with E-state index in [1.54, 1.807) is 11.8 Å². The number of hydrogen-bond acceptors (Lipinski definition) is 9. The van der Waals surface area contributed by atoms with Crippen LogP contribution in [0.3, 0.4) is 0 Å². The Balaban J connectivity index is 1.60. The van der Waals surface area contributed by atoms with Crippen LogP contribution >= 0.6 is 0 Å². The van der Waals surface area contributed by atoms with Gasteiger partial charge in [-0.3, -0.25) is 24.0 Å². The Hall–Kier alpha value is -4.49. The molecule has 0 aromatic heterocycles. The lowest BCUT2D eigenvalue weighted by Crippen LogP contribution is -2.58. The molecule has 13 heteroatoms. The number of nitrogens with zero attached hydrogens (tertiary/aromatic N) is 1. The number of carbonyl (C=O) groups excluding carboxylic acids is 5. The minimum Gasteiger partial charge on any atom is -0.491 e. The molecule has 13 nitrogen and oxygen atoms in total. The Morgan fingerprint density at radius 3 is 2.29 bits per heavy atom. The zero-order valence-electron chi connectivity index (χ0n) is 35.4. The van der Waals surface area contributed by atoms with Gasteiger partial charge in [-0.15, -0.1) is 0 Å². The summed E-state index contributed by atoms with van der Waals surface area (Å²) in [7, 11) is 0. The summed E-state index contributed by atoms with van der Waals surface area (Å²) >= 11 is 0. The van der Waals surface area contributed by atoms with Gasteiger partial charge in [0, 0.05) is 32.0 Å². The van der Waals surface area contributed by atoms with E-state index in [0.717, 1.165) is 48.8 Å². The van der Waals surface area contributed by atoms with Gasteiger partial charge in [-0.25, -0.2) is 0 Å². The number of amides is 4. The minimum atomic E-state index is -1.11. The van der Waals surface area contributed by atoms with Crippen molar-refractivity contribution >= 4 is 29.6 Å². The van der Waals surface area contributed by atoms with Crippen molar-refractivity contribution in [2.45, 2.75) is 136 Å². The molecule has 1 aliphatic heterocycles. The maximum atomic E-state index is 14.7. The molecular weight excluding hydrogens is 739 g/mol. The van der Waals surface area contributed by atoms with Crippen molar-refractivity contribution in [2.75, 3.05) is 26.3 Å². The van der Waals surface area contributed by atoms with E-state index >= 15 is 0 Å². The predicted molar refractivity (Wildman–Crippen MR) is 222 cm³/mol. The average molecular weight is 806 g/mol. The van der Waals surface area contributed by atoms with E-state index in [4.69, 9.17) is 9.47 Å². The van der Waals surface area contributed by atoms with Gasteiger partial charge in [0.25, 0.3) is 0 Å². The van der Waals surface area contributed by atoms with Crippen LogP contribution in [0.4, 0.5) is 0 Å². The summed E-state index contributed by atoms with van der Waals surface area (Å²) in [6.45, 7) is 12.5. The highest BCUT2D eigenvalue weighted by molar-refractivity contribution is 5.92. The molecule has 0 saturated heterocycles. The molecule has 1 fully saturated rings. The molecule has 0 radical (unpaired) electrons. The Bertz CT molecular complexity index is 1650. The summed E-state index contributed by atoms with van der Waals surface area (Å²) in [6, 6.07) is 11.8. The molecule has 2 aromatic rings. The third kappa shape index (κ3) is 14.4. The van der Waals surface area contributed by atoms with Crippen molar-refractivity contribution < 1.29 is 38.6 Å². The first kappa shape index (κ1) is 46.2. The minimum absolute atomic E-state index is 0.0158. The predicted octanol–water partition coefficient (Wildman–Crippen LogP) is 4.74. The second-order valence-electron chi connectivity index (χ2n) is 16.8. The number of fused-ring (bicyclic) bond motifs is 1. The van der Waals surface area contributed by atoms with Crippen LogP contribution in [0, 0.1) is 17.8 Å². The molecule has 0 bridgehead atoms. The summed E-state index contributed by atoms with van der Waals surface area (Å²) in [6.07, 6.45) is 5.09. The highest BCUT2D eigenvalue weighted by Crippen LogP contribution is 2.38. The molecule has 1 saturated carbocycles. The first-order chi connectivity index (χ1) is 27.7. The largest absolute Gasteiger partial charge is 0.491 e. The molecule has 1 aliphatic carbocycles. The number of esters is 1. The normalized spacial score (nSPS) is 17.4. The molecule has 1 heterocycles. The standard InChI is InChI=1S/C45H67N5O8/c1-7-57-43(54)27-46-26-34-18-19-41-35(21-34)39(28-58-41)50(31(6)51)38(23-33-16-12-9-13-17-33)45(56)49-37(20-29(2)3)44(55)48-36(22-32-14-10-8-11-15-32)40(52)24-42(53)47-25-30(4)5/h9,12-13,16-19,21,29-30,32,36-40,46,52H,7-8,10-11,14-15,20,22-28H2,1-6H3,(H,47,53)(H,48,55)(H,49,56)/t36?,37-,38-,39?,40?/m0/s1. The maximum Gasteiger partial charge on any atom is 0.319 e. The fourth-order valence-corrected chi connectivity index (χ4v) is 7.99. The summed E-state index contributed by atoms with van der Waals surface area (Å²) < 4.78 is 11.1. The molecule has 5 N–H and O–H groups in total. The second kappa shape index (κ2) is 23.2. The maximum absolute atomic E-state index is 14.7. The van der Waals surface area contributed by atoms with E-state index in [1.165, 1.54) is 6.92 Å². The van der Waals surface area contributed by atoms with Gasteiger partial charge in [-0.2, -0.15) is 0 Å². The van der Waals surface area contributed by atoms with E-state index in [1.807, 2.05) is 76.2 Å². The lowest BCUT2D eigenvalue weighted by Gasteiger charge is -2.36. The molecule has 0 spiro atoms. The van der Waals surface area contributed by atoms with Gasteiger partial charge < -0.3 is 40.7 Å². The van der Waals surface area contributed by atoms with Crippen LogP contribution in [0.1, 0.15) is 116 Å². The number of ether oxygens (including phenoxy) is 2. The van der Waals surface area contributed by atoms with Gasteiger partial charge in [0.1, 0.15) is 24.4 Å². The van der Waals surface area contributed by atoms with E-state index in [2.05, 4.69) is 21.3 Å². The average Bonchev–Trinajstić information content (AvgIpc) is 3.59. The van der Waals surface area contributed by atoms with Gasteiger partial charge in [0.05, 0.1) is 37.8 Å². The van der Waals surface area contributed by atoms with Gasteiger partial charge in [-0.1, -0.05) is 96.2 Å². The fraction of sp³-hybridized carbons (Fsp3) is 0.622. The zero-order valence-corrected chi connectivity index (χ0v) is 35.4. The lowest BCUT2D eigenvalue weighted by atomic mass is 9.83. The lowest BCUT2D eigenvalue weighted by molar-refractivity contribution is -0.143. The van der Waals surface area contributed by atoms with Crippen molar-refractivity contribution in [3.63, 3.8) is 0 Å². The molecule has 2 aromatic carbocycles. The summed E-state index contributed by atoms with van der Waals surface area (Å²) in [5, 5.41) is 23.5. The number of rotatable bonds is 22. The van der Waals surface area contributed by atoms with Gasteiger partial charge in [-0.05, 0) is 60.8 Å². The fourth-order valence-electron chi connectivity index (χ4n) is 7.99. The molecule has 4 amide bonds. The van der Waals surface area contributed by atoms with Crippen LogP contribution in [0.5, 0.6) is 5.75 Å². The summed E-state index contributed by atoms with van der Waals surface area (Å²) in [5.41, 5.74) is 2.44. The summed E-state index contributed by atoms with van der Waals surface area (Å²) in [5.74, 6) is -0.721. The molecule has 58 heavy (non-hydrogen) atoms. The van der Waals surface area contributed by atoms with Crippen LogP contribution < -0.4 is 26.0 Å². The Kier molecular flexibility index (Phi) is 18.5. The first-order valence-electron chi connectivity index (χ1n) is 21.3. The van der Waals surface area contributed by atoms with Gasteiger partial charge in [0.15, 0.2) is 0 Å². The zero-order chi connectivity index (χ0) is 42.2. The number of benzene rings is 2. The number of nitrogens with one attached hydrogen (secondary N) is 4. The first-order valence-corrected chi connectivity index (χ1v) is 21.3. The van der Waals surface area contributed by atoms with Gasteiger partial charge in [0.2, 0.25) is 23.6 Å². The van der Waals surface area contributed by atoms with E-state index in [-0.39, 0.29) is 55.6 Å². The molecule has 3 unspecified atom stereocenters. The molecule has 4 rings (SSSR count). The number of aliphatic hydroxyl groups excluding tert-OH is 1. The van der Waals surface area contributed by atoms with Crippen LogP contribution in [0.15, 0.2) is 48.5 Å². The van der Waals surface area contributed by atoms with Crippen LogP contribution in [-0.2, 0) is 41.7 Å². The van der Waals surface area contributed by atoms with Crippen molar-refractivity contribution in [2.24, 2.45) is 17.8 Å². The topological polar surface area (TPSA) is 175 Å². The molecular formula is C45H67N5O8. The number of carbonyl (C=O) groups is 5. The van der Waals surface area contributed by atoms with Crippen molar-refractivity contribution in [3.8, 4) is 5.75 Å². The highest BCUT2D eigenvalue weighted by atomic mass is 16.5. The van der Waals surface area contributed by atoms with Crippen LogP contribution in [0.2, 0.25) is 0 Å². The second-order valence-corrected chi connectivity index (χ2v) is 16.8. The third-order valence-electron chi connectivity index (χ3n) is 10.9. The third-order valence-corrected chi connectivity index (χ3v) is 10.9. The summed E-state index contributed by atoms with van der Waals surface area (Å²) in [4.78, 5) is 69.0. The van der Waals surface area contributed by atoms with E-state index in [9.17, 15) is 29.1 Å². The van der Waals surface area contributed by atoms with Crippen molar-refractivity contribution in [3.05, 3.63) is 65.2 Å². The Morgan fingerprint density at radius 1 is 0.914 bits per heavy atom. The number of hydrogen-bond donors (Lipinski definition) is 5. The molecule has 2 aliphatic rings. The molecule has 320 valence electrons. The van der Waals surface area contributed by atoms with Crippen molar-refractivity contribution in [1.29, 1.82) is 0 Å². The quantitative estimate of drug-likeness (QED) is 0.105. The monoisotopic (exact) mass is 805 g/mol. The smallest absolute Gasteiger partial charge is 0.319 e. The van der Waals surface area contributed by atoms with Crippen LogP contribution in [-0.4, -0.2) is 90.1 Å². The van der Waals surface area contributed by atoms with E-state index < -0.39 is 42.1 Å². The number of aliphatic hydroxyl groups is 1. The van der Waals surface area contributed by atoms with Crippen LogP contribution in [0.25, 0.3) is 0 Å².